The van der Waals surface area contributed by atoms with Crippen molar-refractivity contribution in [1.29, 1.82) is 0 Å². The Morgan fingerprint density at radius 1 is 1.21 bits per heavy atom. The summed E-state index contributed by atoms with van der Waals surface area (Å²) in [5.41, 5.74) is 2.42. The lowest BCUT2D eigenvalue weighted by molar-refractivity contribution is 0.147. The third-order valence-corrected chi connectivity index (χ3v) is 6.73. The minimum Gasteiger partial charge on any atom is -0.368 e. The SMILES string of the molecule is Cc1cccc(N2CCN(C(=O)N(C)C3CCS(=O)(=O)C3)CC2)c1. The molecule has 2 heterocycles. The van der Waals surface area contributed by atoms with Gasteiger partial charge in [-0.1, -0.05) is 12.1 Å². The van der Waals surface area contributed by atoms with Crippen LogP contribution in [0.1, 0.15) is 12.0 Å². The largest absolute Gasteiger partial charge is 0.368 e. The van der Waals surface area contributed by atoms with E-state index >= 15 is 0 Å². The van der Waals surface area contributed by atoms with Crippen LogP contribution in [0.25, 0.3) is 0 Å². The summed E-state index contributed by atoms with van der Waals surface area (Å²) in [6.45, 7) is 5.00. The fourth-order valence-electron chi connectivity index (χ4n) is 3.44. The van der Waals surface area contributed by atoms with E-state index in [4.69, 9.17) is 0 Å². The van der Waals surface area contributed by atoms with Crippen molar-refractivity contribution in [3.05, 3.63) is 29.8 Å². The fourth-order valence-corrected chi connectivity index (χ4v) is 5.22. The number of urea groups is 1. The molecule has 1 unspecified atom stereocenters. The van der Waals surface area contributed by atoms with Gasteiger partial charge in [-0.2, -0.15) is 0 Å². The molecule has 0 aliphatic carbocycles. The van der Waals surface area contributed by atoms with Crippen LogP contribution in [0.3, 0.4) is 0 Å². The van der Waals surface area contributed by atoms with Gasteiger partial charge in [-0.05, 0) is 31.0 Å². The van der Waals surface area contributed by atoms with E-state index in [1.165, 1.54) is 11.3 Å². The second kappa shape index (κ2) is 6.63. The summed E-state index contributed by atoms with van der Waals surface area (Å²) < 4.78 is 23.2. The number of hydrogen-bond acceptors (Lipinski definition) is 4. The van der Waals surface area contributed by atoms with Crippen molar-refractivity contribution < 1.29 is 13.2 Å². The highest BCUT2D eigenvalue weighted by Gasteiger charge is 2.35. The Bertz CT molecular complexity index is 712. The normalized spacial score (nSPS) is 23.3. The average Bonchev–Trinajstić information content (AvgIpc) is 2.93. The summed E-state index contributed by atoms with van der Waals surface area (Å²) in [7, 11) is -1.25. The van der Waals surface area contributed by atoms with Gasteiger partial charge in [0.15, 0.2) is 9.84 Å². The number of piperazine rings is 1. The molecule has 0 N–H and O–H groups in total. The van der Waals surface area contributed by atoms with Gasteiger partial charge in [-0.15, -0.1) is 0 Å². The van der Waals surface area contributed by atoms with Crippen LogP contribution in [0, 0.1) is 6.92 Å². The first-order valence-electron chi connectivity index (χ1n) is 8.39. The molecule has 0 radical (unpaired) electrons. The zero-order valence-corrected chi connectivity index (χ0v) is 15.1. The molecule has 132 valence electrons. The van der Waals surface area contributed by atoms with Crippen molar-refractivity contribution in [2.75, 3.05) is 49.6 Å². The number of benzene rings is 1. The molecule has 2 amide bonds. The number of nitrogens with zero attached hydrogens (tertiary/aromatic N) is 3. The number of hydrogen-bond donors (Lipinski definition) is 0. The van der Waals surface area contributed by atoms with Crippen molar-refractivity contribution in [2.24, 2.45) is 0 Å². The number of sulfone groups is 1. The van der Waals surface area contributed by atoms with Crippen molar-refractivity contribution >= 4 is 21.6 Å². The van der Waals surface area contributed by atoms with Crippen LogP contribution in [0.2, 0.25) is 0 Å². The second-order valence-electron chi connectivity index (χ2n) is 6.76. The van der Waals surface area contributed by atoms with E-state index in [2.05, 4.69) is 36.1 Å². The summed E-state index contributed by atoms with van der Waals surface area (Å²) in [5, 5.41) is 0. The van der Waals surface area contributed by atoms with Crippen LogP contribution in [-0.2, 0) is 9.84 Å². The highest BCUT2D eigenvalue weighted by molar-refractivity contribution is 7.91. The van der Waals surface area contributed by atoms with E-state index in [1.807, 2.05) is 4.90 Å². The predicted molar refractivity (Wildman–Crippen MR) is 95.2 cm³/mol. The monoisotopic (exact) mass is 351 g/mol. The van der Waals surface area contributed by atoms with Gasteiger partial charge < -0.3 is 14.7 Å². The van der Waals surface area contributed by atoms with Crippen LogP contribution in [0.5, 0.6) is 0 Å². The Morgan fingerprint density at radius 3 is 2.50 bits per heavy atom. The molecule has 7 heteroatoms. The summed E-state index contributed by atoms with van der Waals surface area (Å²) >= 11 is 0. The van der Waals surface area contributed by atoms with Crippen molar-refractivity contribution in [3.8, 4) is 0 Å². The van der Waals surface area contributed by atoms with Crippen LogP contribution in [-0.4, -0.2) is 75.0 Å². The quantitative estimate of drug-likeness (QED) is 0.807. The number of amides is 2. The predicted octanol–water partition coefficient (Wildman–Crippen LogP) is 1.36. The Labute approximate surface area is 144 Å². The maximum Gasteiger partial charge on any atom is 0.320 e. The highest BCUT2D eigenvalue weighted by atomic mass is 32.2. The number of rotatable bonds is 2. The van der Waals surface area contributed by atoms with Gasteiger partial charge in [-0.3, -0.25) is 0 Å². The summed E-state index contributed by atoms with van der Waals surface area (Å²) in [5.74, 6) is 0.287. The lowest BCUT2D eigenvalue weighted by Gasteiger charge is -2.39. The van der Waals surface area contributed by atoms with Crippen molar-refractivity contribution in [2.45, 2.75) is 19.4 Å². The Morgan fingerprint density at radius 2 is 1.92 bits per heavy atom. The van der Waals surface area contributed by atoms with E-state index in [0.29, 0.717) is 19.5 Å². The molecule has 1 aromatic carbocycles. The molecule has 6 nitrogen and oxygen atoms in total. The molecule has 0 saturated carbocycles. The number of aryl methyl sites for hydroxylation is 1. The molecule has 2 saturated heterocycles. The minimum atomic E-state index is -2.97. The van der Waals surface area contributed by atoms with Crippen LogP contribution in [0.15, 0.2) is 24.3 Å². The molecule has 1 aromatic rings. The van der Waals surface area contributed by atoms with Gasteiger partial charge in [0.1, 0.15) is 0 Å². The highest BCUT2D eigenvalue weighted by Crippen LogP contribution is 2.20. The van der Waals surface area contributed by atoms with Gasteiger partial charge >= 0.3 is 6.03 Å². The first kappa shape index (κ1) is 17.1. The van der Waals surface area contributed by atoms with Crippen molar-refractivity contribution in [1.82, 2.24) is 9.80 Å². The van der Waals surface area contributed by atoms with E-state index in [9.17, 15) is 13.2 Å². The molecule has 24 heavy (non-hydrogen) atoms. The molecule has 0 bridgehead atoms. The summed E-state index contributed by atoms with van der Waals surface area (Å²) in [6.07, 6.45) is 0.549. The van der Waals surface area contributed by atoms with Gasteiger partial charge in [-0.25, -0.2) is 13.2 Å². The number of carbonyl (C=O) groups excluding carboxylic acids is 1. The van der Waals surface area contributed by atoms with E-state index in [-0.39, 0.29) is 23.6 Å². The van der Waals surface area contributed by atoms with Gasteiger partial charge in [0.25, 0.3) is 0 Å². The fraction of sp³-hybridized carbons (Fsp3) is 0.588. The maximum atomic E-state index is 12.6. The summed E-state index contributed by atoms with van der Waals surface area (Å²) in [6, 6.07) is 8.15. The Balaban J connectivity index is 1.57. The molecule has 2 fully saturated rings. The van der Waals surface area contributed by atoms with E-state index < -0.39 is 9.84 Å². The smallest absolute Gasteiger partial charge is 0.320 e. The van der Waals surface area contributed by atoms with Crippen LogP contribution in [0.4, 0.5) is 10.5 Å². The zero-order chi connectivity index (χ0) is 17.3. The average molecular weight is 351 g/mol. The lowest BCUT2D eigenvalue weighted by atomic mass is 10.2. The summed E-state index contributed by atoms with van der Waals surface area (Å²) in [4.78, 5) is 18.4. The van der Waals surface area contributed by atoms with Gasteiger partial charge in [0.2, 0.25) is 0 Å². The maximum absolute atomic E-state index is 12.6. The van der Waals surface area contributed by atoms with E-state index in [1.54, 1.807) is 11.9 Å². The van der Waals surface area contributed by atoms with Gasteiger partial charge in [0.05, 0.1) is 11.5 Å². The molecular formula is C17H25N3O3S. The topological polar surface area (TPSA) is 60.9 Å². The molecule has 2 aliphatic heterocycles. The molecule has 0 spiro atoms. The molecule has 3 rings (SSSR count). The first-order chi connectivity index (χ1) is 11.4. The third kappa shape index (κ3) is 3.66. The van der Waals surface area contributed by atoms with E-state index in [0.717, 1.165) is 13.1 Å². The third-order valence-electron chi connectivity index (χ3n) is 4.97. The second-order valence-corrected chi connectivity index (χ2v) is 8.99. The Hall–Kier alpha value is -1.76. The number of carbonyl (C=O) groups is 1. The van der Waals surface area contributed by atoms with Crippen molar-refractivity contribution in [3.63, 3.8) is 0 Å². The van der Waals surface area contributed by atoms with Gasteiger partial charge in [0, 0.05) is 45.0 Å². The molecular weight excluding hydrogens is 326 g/mol. The number of anilines is 1. The standard InChI is InChI=1S/C17H25N3O3S/c1-14-4-3-5-15(12-14)19-7-9-20(10-8-19)17(21)18(2)16-6-11-24(22,23)13-16/h3-5,12,16H,6-11,13H2,1-2H3. The minimum absolute atomic E-state index is 0.0546. The molecule has 2 aliphatic rings. The van der Waals surface area contributed by atoms with Crippen LogP contribution >= 0.6 is 0 Å². The molecule has 1 atom stereocenters. The lowest BCUT2D eigenvalue weighted by Crippen LogP contribution is -2.54. The molecule has 0 aromatic heterocycles. The Kier molecular flexibility index (Phi) is 4.71. The zero-order valence-electron chi connectivity index (χ0n) is 14.3. The first-order valence-corrected chi connectivity index (χ1v) is 10.2. The van der Waals surface area contributed by atoms with Crippen LogP contribution < -0.4 is 4.90 Å².